The first kappa shape index (κ1) is 17.0. The Morgan fingerprint density at radius 1 is 1.24 bits per heavy atom. The normalized spacial score (nSPS) is 37.6. The van der Waals surface area contributed by atoms with Gasteiger partial charge in [-0.25, -0.2) is 0 Å². The monoisotopic (exact) mass is 314 g/mol. The Hall–Kier alpha value is -0.383. The molecule has 1 N–H and O–H groups in total. The van der Waals surface area contributed by atoms with E-state index in [0.717, 1.165) is 24.7 Å². The third-order valence-corrected chi connectivity index (χ3v) is 7.82. The molecule has 0 aromatic rings. The number of carboxylic acid groups (broad SMARTS) is 1. The van der Waals surface area contributed by atoms with Crippen molar-refractivity contribution in [2.75, 3.05) is 0 Å². The second kappa shape index (κ2) is 7.75. The van der Waals surface area contributed by atoms with Crippen molar-refractivity contribution < 1.29 is 14.0 Å². The zero-order chi connectivity index (χ0) is 15.4. The van der Waals surface area contributed by atoms with Crippen LogP contribution < -0.4 is 0 Å². The van der Waals surface area contributed by atoms with Crippen LogP contribution in [-0.2, 0) is 4.79 Å². The van der Waals surface area contributed by atoms with E-state index in [1.165, 1.54) is 25.7 Å². The van der Waals surface area contributed by atoms with Gasteiger partial charge in [-0.2, -0.15) is 0 Å². The van der Waals surface area contributed by atoms with Gasteiger partial charge in [0.05, 0.1) is 5.92 Å². The first-order chi connectivity index (χ1) is 9.97. The highest BCUT2D eigenvalue weighted by Crippen LogP contribution is 2.44. The minimum absolute atomic E-state index is 0.143. The molecule has 0 amide bonds. The summed E-state index contributed by atoms with van der Waals surface area (Å²) in [6.07, 6.45) is 7.96. The number of carbonyl (C=O) groups is 1. The van der Waals surface area contributed by atoms with Crippen LogP contribution in [-0.4, -0.2) is 20.2 Å². The number of rotatable bonds is 5. The van der Waals surface area contributed by atoms with Crippen LogP contribution >= 0.6 is 0 Å². The first-order valence-electron chi connectivity index (χ1n) is 8.84. The number of aliphatic carboxylic acids is 1. The van der Waals surface area contributed by atoms with Crippen molar-refractivity contribution in [2.24, 2.45) is 29.6 Å². The molecule has 0 bridgehead atoms. The molecular weight excluding hydrogens is 283 g/mol. The molecule has 122 valence electrons. The number of carboxylic acids is 1. The van der Waals surface area contributed by atoms with Gasteiger partial charge in [-0.1, -0.05) is 39.5 Å². The molecule has 1 aliphatic carbocycles. The van der Waals surface area contributed by atoms with Gasteiger partial charge in [-0.05, 0) is 55.0 Å². The third-order valence-electron chi connectivity index (χ3n) is 5.80. The number of hydrogen-bond acceptors (Lipinski definition) is 1. The summed E-state index contributed by atoms with van der Waals surface area (Å²) in [4.78, 5) is 11.4. The summed E-state index contributed by atoms with van der Waals surface area (Å²) in [5.41, 5.74) is 0. The van der Waals surface area contributed by atoms with E-state index in [4.69, 9.17) is 0 Å². The van der Waals surface area contributed by atoms with Gasteiger partial charge in [0.15, 0.2) is 0 Å². The first-order valence-corrected chi connectivity index (χ1v) is 10.9. The standard InChI is InChI=1S/C17H31FO2Si/c1-12(2)3-4-13-5-7-14(8-6-13)16-11-21(18)10-9-15(16)17(19)20/h12-16,21H,3-11H2,1-2H3,(H,19,20). The van der Waals surface area contributed by atoms with E-state index in [0.29, 0.717) is 24.4 Å². The van der Waals surface area contributed by atoms with Crippen LogP contribution in [0.25, 0.3) is 0 Å². The molecule has 2 nitrogen and oxygen atoms in total. The molecule has 1 saturated heterocycles. The molecule has 0 radical (unpaired) electrons. The minimum Gasteiger partial charge on any atom is -0.481 e. The topological polar surface area (TPSA) is 37.3 Å². The predicted molar refractivity (Wildman–Crippen MR) is 86.6 cm³/mol. The van der Waals surface area contributed by atoms with Crippen LogP contribution in [0.15, 0.2) is 0 Å². The highest BCUT2D eigenvalue weighted by molar-refractivity contribution is 6.51. The quantitative estimate of drug-likeness (QED) is 0.593. The van der Waals surface area contributed by atoms with E-state index in [1.807, 2.05) is 0 Å². The highest BCUT2D eigenvalue weighted by atomic mass is 28.3. The van der Waals surface area contributed by atoms with Crippen molar-refractivity contribution >= 4 is 15.1 Å². The maximum atomic E-state index is 13.9. The second-order valence-electron chi connectivity index (χ2n) is 7.77. The van der Waals surface area contributed by atoms with E-state index in [1.54, 1.807) is 0 Å². The average molecular weight is 315 g/mol. The fourth-order valence-corrected chi connectivity index (χ4v) is 6.71. The summed E-state index contributed by atoms with van der Waals surface area (Å²) >= 11 is 0. The molecule has 0 spiro atoms. The Balaban J connectivity index is 1.86. The molecule has 4 heteroatoms. The van der Waals surface area contributed by atoms with Crippen LogP contribution in [0.1, 0.15) is 58.8 Å². The summed E-state index contributed by atoms with van der Waals surface area (Å²) < 4.78 is 13.9. The molecule has 1 heterocycles. The summed E-state index contributed by atoms with van der Waals surface area (Å²) in [5.74, 6) is 1.28. The summed E-state index contributed by atoms with van der Waals surface area (Å²) in [6, 6.07) is 1.20. The lowest BCUT2D eigenvalue weighted by atomic mass is 9.70. The zero-order valence-corrected chi connectivity index (χ0v) is 14.7. The summed E-state index contributed by atoms with van der Waals surface area (Å²) in [7, 11) is -2.11. The van der Waals surface area contributed by atoms with Gasteiger partial charge in [0.1, 0.15) is 0 Å². The van der Waals surface area contributed by atoms with Crippen LogP contribution in [0.4, 0.5) is 4.11 Å². The average Bonchev–Trinajstić information content (AvgIpc) is 2.45. The fourth-order valence-electron chi connectivity index (χ4n) is 4.45. The second-order valence-corrected chi connectivity index (χ2v) is 10.0. The van der Waals surface area contributed by atoms with Gasteiger partial charge in [0, 0.05) is 0 Å². The molecule has 3 atom stereocenters. The Kier molecular flexibility index (Phi) is 6.27. The van der Waals surface area contributed by atoms with E-state index in [-0.39, 0.29) is 11.8 Å². The van der Waals surface area contributed by atoms with E-state index < -0.39 is 15.1 Å². The molecule has 0 aromatic heterocycles. The largest absolute Gasteiger partial charge is 0.481 e. The predicted octanol–water partition coefficient (Wildman–Crippen LogP) is 4.64. The lowest BCUT2D eigenvalue weighted by Crippen LogP contribution is -2.38. The fraction of sp³-hybridized carbons (Fsp3) is 0.941. The van der Waals surface area contributed by atoms with Gasteiger partial charge in [-0.3, -0.25) is 4.79 Å². The molecule has 2 rings (SSSR count). The maximum absolute atomic E-state index is 13.9. The highest BCUT2D eigenvalue weighted by Gasteiger charge is 2.41. The summed E-state index contributed by atoms with van der Waals surface area (Å²) in [6.45, 7) is 4.55. The van der Waals surface area contributed by atoms with E-state index >= 15 is 0 Å². The third kappa shape index (κ3) is 4.80. The molecule has 21 heavy (non-hydrogen) atoms. The van der Waals surface area contributed by atoms with Gasteiger partial charge < -0.3 is 9.21 Å². The molecule has 2 fully saturated rings. The van der Waals surface area contributed by atoms with Gasteiger partial charge in [0.25, 0.3) is 0 Å². The van der Waals surface area contributed by atoms with E-state index in [2.05, 4.69) is 13.8 Å². The van der Waals surface area contributed by atoms with Crippen LogP contribution in [0.2, 0.25) is 12.1 Å². The molecule has 1 aliphatic heterocycles. The van der Waals surface area contributed by atoms with Crippen molar-refractivity contribution in [2.45, 2.75) is 70.9 Å². The lowest BCUT2D eigenvalue weighted by molar-refractivity contribution is -0.144. The number of halogens is 1. The zero-order valence-electron chi connectivity index (χ0n) is 13.6. The molecule has 0 aromatic carbocycles. The van der Waals surface area contributed by atoms with Crippen molar-refractivity contribution in [1.82, 2.24) is 0 Å². The molecule has 3 unspecified atom stereocenters. The van der Waals surface area contributed by atoms with Crippen LogP contribution in [0, 0.1) is 29.6 Å². The molecular formula is C17H31FO2Si. The summed E-state index contributed by atoms with van der Waals surface area (Å²) in [5, 5.41) is 9.42. The van der Waals surface area contributed by atoms with Crippen molar-refractivity contribution in [3.8, 4) is 0 Å². The number of hydrogen-bond donors (Lipinski definition) is 1. The Morgan fingerprint density at radius 3 is 2.48 bits per heavy atom. The Labute approximate surface area is 130 Å². The molecule has 2 aliphatic rings. The van der Waals surface area contributed by atoms with Crippen molar-refractivity contribution in [3.63, 3.8) is 0 Å². The lowest BCUT2D eigenvalue weighted by Gasteiger charge is -2.39. The van der Waals surface area contributed by atoms with Crippen molar-refractivity contribution in [3.05, 3.63) is 0 Å². The Morgan fingerprint density at radius 2 is 1.90 bits per heavy atom. The maximum Gasteiger partial charge on any atom is 0.306 e. The van der Waals surface area contributed by atoms with Gasteiger partial charge in [0.2, 0.25) is 9.13 Å². The molecule has 1 saturated carbocycles. The van der Waals surface area contributed by atoms with E-state index in [9.17, 15) is 14.0 Å². The van der Waals surface area contributed by atoms with Gasteiger partial charge in [-0.15, -0.1) is 0 Å². The SMILES string of the molecule is CC(C)CCC1CCC(C2C[SiH](F)CCC2C(=O)O)CC1. The smallest absolute Gasteiger partial charge is 0.306 e. The van der Waals surface area contributed by atoms with Crippen LogP contribution in [0.3, 0.4) is 0 Å². The Bertz CT molecular complexity index is 340. The van der Waals surface area contributed by atoms with Crippen LogP contribution in [0.5, 0.6) is 0 Å². The van der Waals surface area contributed by atoms with Gasteiger partial charge >= 0.3 is 5.97 Å². The van der Waals surface area contributed by atoms with Crippen molar-refractivity contribution in [1.29, 1.82) is 0 Å². The minimum atomic E-state index is -2.11.